The number of hydrogen-bond acceptors (Lipinski definition) is 4. The Morgan fingerprint density at radius 2 is 2.00 bits per heavy atom. The van der Waals surface area contributed by atoms with Crippen LogP contribution in [0, 0.1) is 4.91 Å². The molecule has 0 unspecified atom stereocenters. The van der Waals surface area contributed by atoms with Crippen LogP contribution in [0.3, 0.4) is 0 Å². The molecular formula is C14H8ClN3O. The quantitative estimate of drug-likeness (QED) is 0.650. The molecule has 2 heterocycles. The molecule has 3 rings (SSSR count). The minimum atomic E-state index is 0.322. The van der Waals surface area contributed by atoms with Crippen LogP contribution in [-0.2, 0) is 0 Å². The number of nitroso groups, excluding NO2 is 1. The molecule has 0 bridgehead atoms. The van der Waals surface area contributed by atoms with Gasteiger partial charge in [0.05, 0.1) is 10.7 Å². The second-order valence-corrected chi connectivity index (χ2v) is 4.41. The van der Waals surface area contributed by atoms with Gasteiger partial charge in [-0.15, -0.1) is 4.91 Å². The summed E-state index contributed by atoms with van der Waals surface area (Å²) in [6.07, 6.45) is 1.68. The molecule has 0 atom stereocenters. The van der Waals surface area contributed by atoms with Crippen molar-refractivity contribution in [2.45, 2.75) is 0 Å². The average Bonchev–Trinajstić information content (AvgIpc) is 2.47. The van der Waals surface area contributed by atoms with E-state index in [1.54, 1.807) is 24.4 Å². The molecule has 4 nitrogen and oxygen atoms in total. The number of pyridine rings is 2. The van der Waals surface area contributed by atoms with Gasteiger partial charge in [-0.25, -0.2) is 9.97 Å². The van der Waals surface area contributed by atoms with E-state index in [2.05, 4.69) is 15.1 Å². The largest absolute Gasteiger partial charge is 0.237 e. The summed E-state index contributed by atoms with van der Waals surface area (Å²) < 4.78 is 0. The van der Waals surface area contributed by atoms with Crippen LogP contribution in [-0.4, -0.2) is 9.97 Å². The fraction of sp³-hybridized carbons (Fsp3) is 0. The van der Waals surface area contributed by atoms with E-state index < -0.39 is 0 Å². The molecule has 0 spiro atoms. The Labute approximate surface area is 114 Å². The van der Waals surface area contributed by atoms with Crippen molar-refractivity contribution in [3.8, 4) is 11.3 Å². The molecule has 2 aromatic heterocycles. The van der Waals surface area contributed by atoms with Crippen LogP contribution in [0.15, 0.2) is 53.8 Å². The van der Waals surface area contributed by atoms with Gasteiger partial charge in [0.15, 0.2) is 5.65 Å². The molecule has 19 heavy (non-hydrogen) atoms. The number of rotatable bonds is 2. The van der Waals surface area contributed by atoms with Gasteiger partial charge >= 0.3 is 0 Å². The third-order valence-electron chi connectivity index (χ3n) is 2.80. The van der Waals surface area contributed by atoms with Crippen LogP contribution in [0.4, 0.5) is 5.69 Å². The molecule has 1 aromatic carbocycles. The van der Waals surface area contributed by atoms with Crippen molar-refractivity contribution in [2.75, 3.05) is 0 Å². The van der Waals surface area contributed by atoms with Crippen molar-refractivity contribution in [1.82, 2.24) is 9.97 Å². The predicted octanol–water partition coefficient (Wildman–Crippen LogP) is 4.35. The minimum absolute atomic E-state index is 0.322. The second-order valence-electron chi connectivity index (χ2n) is 4.00. The summed E-state index contributed by atoms with van der Waals surface area (Å²) in [5, 5.41) is 4.38. The van der Waals surface area contributed by atoms with Gasteiger partial charge in [-0.05, 0) is 47.6 Å². The molecular weight excluding hydrogens is 262 g/mol. The molecule has 0 saturated heterocycles. The van der Waals surface area contributed by atoms with Gasteiger partial charge in [0.25, 0.3) is 0 Å². The molecule has 0 amide bonds. The number of hydrogen-bond donors (Lipinski definition) is 0. The molecule has 0 aliphatic heterocycles. The molecule has 0 radical (unpaired) electrons. The van der Waals surface area contributed by atoms with Gasteiger partial charge in [-0.2, -0.15) is 0 Å². The van der Waals surface area contributed by atoms with Gasteiger partial charge in [0.1, 0.15) is 5.69 Å². The Bertz CT molecular complexity index is 773. The van der Waals surface area contributed by atoms with Crippen molar-refractivity contribution in [3.63, 3.8) is 0 Å². The Kier molecular flexibility index (Phi) is 2.93. The fourth-order valence-corrected chi connectivity index (χ4v) is 2.08. The van der Waals surface area contributed by atoms with Crippen LogP contribution in [0.25, 0.3) is 22.3 Å². The van der Waals surface area contributed by atoms with E-state index in [1.165, 1.54) is 0 Å². The van der Waals surface area contributed by atoms with E-state index in [9.17, 15) is 4.91 Å². The zero-order chi connectivity index (χ0) is 13.2. The van der Waals surface area contributed by atoms with Crippen LogP contribution in [0.2, 0.25) is 5.02 Å². The molecule has 0 aliphatic carbocycles. The molecule has 5 heteroatoms. The molecule has 3 aromatic rings. The molecule has 0 aliphatic rings. The lowest BCUT2D eigenvalue weighted by molar-refractivity contribution is 1.29. The first-order chi connectivity index (χ1) is 9.28. The van der Waals surface area contributed by atoms with Gasteiger partial charge in [0.2, 0.25) is 0 Å². The lowest BCUT2D eigenvalue weighted by atomic mass is 10.1. The van der Waals surface area contributed by atoms with E-state index >= 15 is 0 Å². The number of fused-ring (bicyclic) bond motifs is 1. The highest BCUT2D eigenvalue weighted by Gasteiger charge is 2.08. The van der Waals surface area contributed by atoms with Crippen molar-refractivity contribution in [2.24, 2.45) is 5.18 Å². The number of aromatic nitrogens is 2. The van der Waals surface area contributed by atoms with E-state index in [4.69, 9.17) is 11.6 Å². The van der Waals surface area contributed by atoms with Crippen LogP contribution >= 0.6 is 11.6 Å². The van der Waals surface area contributed by atoms with Gasteiger partial charge in [-0.3, -0.25) is 0 Å². The third kappa shape index (κ3) is 2.18. The molecule has 0 N–H and O–H groups in total. The van der Waals surface area contributed by atoms with E-state index in [0.717, 1.165) is 5.39 Å². The maximum absolute atomic E-state index is 10.6. The van der Waals surface area contributed by atoms with Crippen molar-refractivity contribution in [1.29, 1.82) is 0 Å². The highest BCUT2D eigenvalue weighted by Crippen LogP contribution is 2.31. The molecule has 0 fully saturated rings. The van der Waals surface area contributed by atoms with E-state index in [0.29, 0.717) is 27.6 Å². The normalized spacial score (nSPS) is 10.6. The summed E-state index contributed by atoms with van der Waals surface area (Å²) in [5.41, 5.74) is 2.30. The highest BCUT2D eigenvalue weighted by atomic mass is 35.5. The summed E-state index contributed by atoms with van der Waals surface area (Å²) in [5.74, 6) is 0. The summed E-state index contributed by atoms with van der Waals surface area (Å²) in [6, 6.07) is 12.4. The number of benzene rings is 1. The lowest BCUT2D eigenvalue weighted by Crippen LogP contribution is -1.88. The van der Waals surface area contributed by atoms with E-state index in [1.807, 2.05) is 24.3 Å². The van der Waals surface area contributed by atoms with Gasteiger partial charge < -0.3 is 0 Å². The molecule has 0 saturated carbocycles. The topological polar surface area (TPSA) is 55.2 Å². The highest BCUT2D eigenvalue weighted by molar-refractivity contribution is 6.33. The minimum Gasteiger partial charge on any atom is -0.237 e. The Balaban J connectivity index is 2.21. The standard InChI is InChI=1S/C14H8ClN3O/c15-12-5-4-10(18-19)8-11(12)13-6-3-9-2-1-7-16-14(9)17-13/h1-8H. The second kappa shape index (κ2) is 4.74. The maximum Gasteiger partial charge on any atom is 0.159 e. The first kappa shape index (κ1) is 11.7. The first-order valence-electron chi connectivity index (χ1n) is 5.63. The van der Waals surface area contributed by atoms with Gasteiger partial charge in [-0.1, -0.05) is 11.6 Å². The van der Waals surface area contributed by atoms with Gasteiger partial charge in [0, 0.05) is 17.1 Å². The number of halogens is 1. The average molecular weight is 270 g/mol. The Morgan fingerprint density at radius 3 is 2.84 bits per heavy atom. The summed E-state index contributed by atoms with van der Waals surface area (Å²) in [7, 11) is 0. The van der Waals surface area contributed by atoms with Crippen molar-refractivity contribution >= 4 is 28.3 Å². The first-order valence-corrected chi connectivity index (χ1v) is 6.01. The van der Waals surface area contributed by atoms with E-state index in [-0.39, 0.29) is 0 Å². The van der Waals surface area contributed by atoms with Crippen LogP contribution in [0.5, 0.6) is 0 Å². The predicted molar refractivity (Wildman–Crippen MR) is 75.4 cm³/mol. The summed E-state index contributed by atoms with van der Waals surface area (Å²) in [4.78, 5) is 19.2. The third-order valence-corrected chi connectivity index (χ3v) is 3.12. The SMILES string of the molecule is O=Nc1ccc(Cl)c(-c2ccc3cccnc3n2)c1. The van der Waals surface area contributed by atoms with Crippen molar-refractivity contribution < 1.29 is 0 Å². The number of nitrogens with zero attached hydrogens (tertiary/aromatic N) is 3. The zero-order valence-corrected chi connectivity index (χ0v) is 10.5. The summed E-state index contributed by atoms with van der Waals surface area (Å²) in [6.45, 7) is 0. The smallest absolute Gasteiger partial charge is 0.159 e. The van der Waals surface area contributed by atoms with Crippen LogP contribution in [0.1, 0.15) is 0 Å². The Hall–Kier alpha value is -2.33. The fourth-order valence-electron chi connectivity index (χ4n) is 1.87. The monoisotopic (exact) mass is 269 g/mol. The molecule has 92 valence electrons. The van der Waals surface area contributed by atoms with Crippen LogP contribution < -0.4 is 0 Å². The van der Waals surface area contributed by atoms with Crippen molar-refractivity contribution in [3.05, 3.63) is 58.6 Å². The summed E-state index contributed by atoms with van der Waals surface area (Å²) >= 11 is 6.13. The maximum atomic E-state index is 10.6. The lowest BCUT2D eigenvalue weighted by Gasteiger charge is -2.05. The Morgan fingerprint density at radius 1 is 1.11 bits per heavy atom. The zero-order valence-electron chi connectivity index (χ0n) is 9.75.